The molecule has 0 saturated heterocycles. The minimum absolute atomic E-state index is 0.175. The molecule has 0 fully saturated rings. The van der Waals surface area contributed by atoms with Gasteiger partial charge in [0.1, 0.15) is 10.3 Å². The SMILES string of the molecule is CC1(O)COCc2c1[nH]c(=O)c1sc(-c3cn[nH]c3)cc21. The summed E-state index contributed by atoms with van der Waals surface area (Å²) in [7, 11) is 0. The van der Waals surface area contributed by atoms with Crippen molar-refractivity contribution in [2.24, 2.45) is 0 Å². The highest BCUT2D eigenvalue weighted by molar-refractivity contribution is 7.22. The summed E-state index contributed by atoms with van der Waals surface area (Å²) in [5.41, 5.74) is 1.01. The number of nitrogens with zero attached hydrogens (tertiary/aromatic N) is 1. The molecule has 0 spiro atoms. The van der Waals surface area contributed by atoms with Crippen molar-refractivity contribution in [2.45, 2.75) is 19.1 Å². The molecule has 0 aromatic carbocycles. The number of thiophene rings is 1. The van der Waals surface area contributed by atoms with Gasteiger partial charge in [0, 0.05) is 27.6 Å². The molecule has 1 unspecified atom stereocenters. The molecule has 21 heavy (non-hydrogen) atoms. The summed E-state index contributed by atoms with van der Waals surface area (Å²) in [6, 6.07) is 1.96. The van der Waals surface area contributed by atoms with Gasteiger partial charge < -0.3 is 14.8 Å². The Hall–Kier alpha value is -1.96. The zero-order valence-corrected chi connectivity index (χ0v) is 12.1. The van der Waals surface area contributed by atoms with Crippen LogP contribution < -0.4 is 5.56 Å². The average Bonchev–Trinajstić information content (AvgIpc) is 3.07. The number of rotatable bonds is 1. The Morgan fingerprint density at radius 2 is 2.38 bits per heavy atom. The molecule has 1 atom stereocenters. The summed E-state index contributed by atoms with van der Waals surface area (Å²) in [4.78, 5) is 16.1. The highest BCUT2D eigenvalue weighted by Gasteiger charge is 2.33. The van der Waals surface area contributed by atoms with Crippen LogP contribution in [0, 0.1) is 0 Å². The third-order valence-corrected chi connectivity index (χ3v) is 4.94. The summed E-state index contributed by atoms with van der Waals surface area (Å²) in [6.07, 6.45) is 3.51. The van der Waals surface area contributed by atoms with Crippen molar-refractivity contribution in [3.05, 3.63) is 40.1 Å². The molecule has 0 bridgehead atoms. The fourth-order valence-corrected chi connectivity index (χ4v) is 3.79. The second-order valence-electron chi connectivity index (χ2n) is 5.41. The van der Waals surface area contributed by atoms with E-state index < -0.39 is 5.60 Å². The van der Waals surface area contributed by atoms with Crippen LogP contribution in [0.4, 0.5) is 0 Å². The van der Waals surface area contributed by atoms with Gasteiger partial charge in [-0.25, -0.2) is 0 Å². The first-order valence-corrected chi connectivity index (χ1v) is 7.36. The van der Waals surface area contributed by atoms with E-state index in [-0.39, 0.29) is 12.2 Å². The molecular weight excluding hydrogens is 290 g/mol. The Morgan fingerprint density at radius 3 is 3.14 bits per heavy atom. The number of hydrogen-bond donors (Lipinski definition) is 3. The predicted octanol–water partition coefficient (Wildman–Crippen LogP) is 1.72. The largest absolute Gasteiger partial charge is 0.381 e. The van der Waals surface area contributed by atoms with E-state index in [0.717, 1.165) is 21.4 Å². The number of aromatic amines is 2. The Morgan fingerprint density at radius 1 is 1.52 bits per heavy atom. The number of ether oxygens (including phenoxy) is 1. The maximum atomic E-state index is 12.3. The number of H-pyrrole nitrogens is 2. The van der Waals surface area contributed by atoms with E-state index in [1.54, 1.807) is 19.3 Å². The Kier molecular flexibility index (Phi) is 2.59. The maximum Gasteiger partial charge on any atom is 0.266 e. The number of aromatic nitrogens is 3. The summed E-state index contributed by atoms with van der Waals surface area (Å²) in [5, 5.41) is 17.9. The fourth-order valence-electron chi connectivity index (χ4n) is 2.73. The van der Waals surface area contributed by atoms with Crippen LogP contribution in [0.15, 0.2) is 23.3 Å². The lowest BCUT2D eigenvalue weighted by Gasteiger charge is -2.30. The van der Waals surface area contributed by atoms with Crippen LogP contribution in [-0.4, -0.2) is 26.9 Å². The summed E-state index contributed by atoms with van der Waals surface area (Å²) in [5.74, 6) is 0. The van der Waals surface area contributed by atoms with E-state index in [0.29, 0.717) is 17.0 Å². The molecule has 0 radical (unpaired) electrons. The van der Waals surface area contributed by atoms with Crippen LogP contribution in [0.1, 0.15) is 18.2 Å². The first-order valence-electron chi connectivity index (χ1n) is 6.55. The lowest BCUT2D eigenvalue weighted by Crippen LogP contribution is -2.36. The smallest absolute Gasteiger partial charge is 0.266 e. The van der Waals surface area contributed by atoms with E-state index >= 15 is 0 Å². The molecule has 0 aliphatic carbocycles. The quantitative estimate of drug-likeness (QED) is 0.638. The summed E-state index contributed by atoms with van der Waals surface area (Å²) >= 11 is 1.41. The average molecular weight is 303 g/mol. The normalized spacial score (nSPS) is 21.6. The van der Waals surface area contributed by atoms with E-state index in [1.165, 1.54) is 11.3 Å². The van der Waals surface area contributed by atoms with E-state index in [4.69, 9.17) is 4.74 Å². The van der Waals surface area contributed by atoms with Crippen LogP contribution in [0.25, 0.3) is 20.5 Å². The molecule has 0 amide bonds. The van der Waals surface area contributed by atoms with Gasteiger partial charge in [0.2, 0.25) is 0 Å². The number of hydrogen-bond acceptors (Lipinski definition) is 5. The third kappa shape index (κ3) is 1.85. The van der Waals surface area contributed by atoms with Gasteiger partial charge in [0.05, 0.1) is 25.1 Å². The molecule has 7 heteroatoms. The zero-order chi connectivity index (χ0) is 14.6. The van der Waals surface area contributed by atoms with Crippen molar-refractivity contribution in [3.8, 4) is 10.4 Å². The summed E-state index contributed by atoms with van der Waals surface area (Å²) < 4.78 is 6.12. The zero-order valence-electron chi connectivity index (χ0n) is 11.3. The lowest BCUT2D eigenvalue weighted by atomic mass is 9.94. The van der Waals surface area contributed by atoms with Crippen molar-refractivity contribution in [1.82, 2.24) is 15.2 Å². The number of aliphatic hydroxyl groups is 1. The standard InChI is InChI=1S/C14H13N3O3S/c1-14(19)6-20-5-9-8-2-10(7-3-15-16-4-7)21-11(8)13(18)17-12(9)14/h2-4,19H,5-6H2,1H3,(H,15,16)(H,17,18). The number of pyridine rings is 1. The first-order chi connectivity index (χ1) is 10.1. The molecular formula is C14H13N3O3S. The molecule has 1 aliphatic rings. The molecule has 3 aromatic rings. The molecule has 1 aliphatic heterocycles. The lowest BCUT2D eigenvalue weighted by molar-refractivity contribution is -0.0631. The van der Waals surface area contributed by atoms with Crippen molar-refractivity contribution in [1.29, 1.82) is 0 Å². The number of fused-ring (bicyclic) bond motifs is 3. The van der Waals surface area contributed by atoms with Gasteiger partial charge in [-0.05, 0) is 13.0 Å². The molecule has 4 heterocycles. The van der Waals surface area contributed by atoms with Gasteiger partial charge >= 0.3 is 0 Å². The van der Waals surface area contributed by atoms with Crippen LogP contribution in [0.5, 0.6) is 0 Å². The van der Waals surface area contributed by atoms with Gasteiger partial charge in [0.15, 0.2) is 0 Å². The minimum Gasteiger partial charge on any atom is -0.381 e. The monoisotopic (exact) mass is 303 g/mol. The predicted molar refractivity (Wildman–Crippen MR) is 79.3 cm³/mol. The highest BCUT2D eigenvalue weighted by atomic mass is 32.1. The molecule has 6 nitrogen and oxygen atoms in total. The van der Waals surface area contributed by atoms with E-state index in [9.17, 15) is 9.90 Å². The van der Waals surface area contributed by atoms with Crippen molar-refractivity contribution in [3.63, 3.8) is 0 Å². The van der Waals surface area contributed by atoms with Gasteiger partial charge in [-0.2, -0.15) is 5.10 Å². The topological polar surface area (TPSA) is 91.0 Å². The van der Waals surface area contributed by atoms with Crippen molar-refractivity contribution >= 4 is 21.4 Å². The fraction of sp³-hybridized carbons (Fsp3) is 0.286. The van der Waals surface area contributed by atoms with Gasteiger partial charge in [-0.3, -0.25) is 9.89 Å². The van der Waals surface area contributed by atoms with Crippen molar-refractivity contribution in [2.75, 3.05) is 6.61 Å². The van der Waals surface area contributed by atoms with E-state index in [1.807, 2.05) is 6.07 Å². The molecule has 4 rings (SSSR count). The van der Waals surface area contributed by atoms with Crippen molar-refractivity contribution < 1.29 is 9.84 Å². The Balaban J connectivity index is 2.04. The second kappa shape index (κ2) is 4.27. The van der Waals surface area contributed by atoms with Crippen LogP contribution >= 0.6 is 11.3 Å². The molecule has 0 saturated carbocycles. The third-order valence-electron chi connectivity index (χ3n) is 3.75. The highest BCUT2D eigenvalue weighted by Crippen LogP contribution is 2.37. The van der Waals surface area contributed by atoms with Crippen LogP contribution in [0.3, 0.4) is 0 Å². The first kappa shape index (κ1) is 12.8. The minimum atomic E-state index is -1.17. The Bertz CT molecular complexity index is 877. The van der Waals surface area contributed by atoms with Crippen LogP contribution in [-0.2, 0) is 16.9 Å². The molecule has 3 N–H and O–H groups in total. The van der Waals surface area contributed by atoms with Gasteiger partial charge in [0.25, 0.3) is 5.56 Å². The van der Waals surface area contributed by atoms with Crippen LogP contribution in [0.2, 0.25) is 0 Å². The van der Waals surface area contributed by atoms with Gasteiger partial charge in [-0.1, -0.05) is 0 Å². The van der Waals surface area contributed by atoms with E-state index in [2.05, 4.69) is 15.2 Å². The number of nitrogens with one attached hydrogen (secondary N) is 2. The molecule has 108 valence electrons. The second-order valence-corrected chi connectivity index (χ2v) is 6.47. The summed E-state index contributed by atoms with van der Waals surface area (Å²) in [6.45, 7) is 2.22. The molecule has 3 aromatic heterocycles. The van der Waals surface area contributed by atoms with Gasteiger partial charge in [-0.15, -0.1) is 11.3 Å². The Labute approximate surface area is 123 Å². The maximum absolute atomic E-state index is 12.3.